The summed E-state index contributed by atoms with van der Waals surface area (Å²) in [6, 6.07) is 9.39. The highest BCUT2D eigenvalue weighted by Crippen LogP contribution is 2.29. The number of amides is 1. The summed E-state index contributed by atoms with van der Waals surface area (Å²) in [6.07, 6.45) is 2.96. The zero-order valence-electron chi connectivity index (χ0n) is 21.4. The van der Waals surface area contributed by atoms with Crippen LogP contribution in [0.1, 0.15) is 72.9 Å². The number of cyclic esters (lactones) is 1. The van der Waals surface area contributed by atoms with Gasteiger partial charge in [-0.05, 0) is 71.7 Å². The van der Waals surface area contributed by atoms with E-state index in [4.69, 9.17) is 14.2 Å². The van der Waals surface area contributed by atoms with Crippen LogP contribution in [0.5, 0.6) is 5.75 Å². The van der Waals surface area contributed by atoms with Crippen LogP contribution in [0.2, 0.25) is 0 Å². The van der Waals surface area contributed by atoms with Crippen molar-refractivity contribution < 1.29 is 19.0 Å². The first-order chi connectivity index (χ1) is 16.1. The highest BCUT2D eigenvalue weighted by atomic mass is 16.6. The van der Waals surface area contributed by atoms with E-state index in [1.54, 1.807) is 17.2 Å². The Morgan fingerprint density at radius 2 is 1.88 bits per heavy atom. The standard InChI is InChI=1S/C26H38N4O4/c1-8-9-22(34-26(5,6)7)21-16-32-25(31)30(21)23-14-15-27-24(29-23)28-18(4)19-10-12-20(13-11-19)33-17(2)3/h10-15,17-18,21-22H,8-9,16H2,1-7H3,(H,27,28,29)/t18-,21+,22+/m0/s1. The molecule has 1 saturated heterocycles. The van der Waals surface area contributed by atoms with Gasteiger partial charge in [0.05, 0.1) is 23.9 Å². The van der Waals surface area contributed by atoms with Crippen LogP contribution in [0, 0.1) is 0 Å². The van der Waals surface area contributed by atoms with Gasteiger partial charge >= 0.3 is 6.09 Å². The van der Waals surface area contributed by atoms with Gasteiger partial charge in [-0.3, -0.25) is 4.90 Å². The second-order valence-electron chi connectivity index (χ2n) is 9.91. The van der Waals surface area contributed by atoms with Gasteiger partial charge in [-0.2, -0.15) is 4.98 Å². The summed E-state index contributed by atoms with van der Waals surface area (Å²) in [5.74, 6) is 1.77. The van der Waals surface area contributed by atoms with Crippen LogP contribution in [-0.4, -0.2) is 46.5 Å². The van der Waals surface area contributed by atoms with Gasteiger partial charge < -0.3 is 19.5 Å². The Balaban J connectivity index is 1.76. The molecule has 0 spiro atoms. The summed E-state index contributed by atoms with van der Waals surface area (Å²) in [6.45, 7) is 14.5. The Morgan fingerprint density at radius 3 is 2.50 bits per heavy atom. The molecule has 1 aliphatic heterocycles. The minimum absolute atomic E-state index is 0.0401. The number of nitrogens with one attached hydrogen (secondary N) is 1. The Hall–Kier alpha value is -2.87. The van der Waals surface area contributed by atoms with Gasteiger partial charge in [-0.15, -0.1) is 0 Å². The van der Waals surface area contributed by atoms with Crippen molar-refractivity contribution in [3.8, 4) is 5.75 Å². The van der Waals surface area contributed by atoms with Crippen LogP contribution in [0.25, 0.3) is 0 Å². The lowest BCUT2D eigenvalue weighted by Gasteiger charge is -2.33. The molecule has 3 atom stereocenters. The number of anilines is 2. The average molecular weight is 471 g/mol. The summed E-state index contributed by atoms with van der Waals surface area (Å²) >= 11 is 0. The third-order valence-electron chi connectivity index (χ3n) is 5.40. The van der Waals surface area contributed by atoms with Gasteiger partial charge in [0.2, 0.25) is 5.95 Å². The highest BCUT2D eigenvalue weighted by molar-refractivity contribution is 5.89. The van der Waals surface area contributed by atoms with Crippen molar-refractivity contribution in [3.05, 3.63) is 42.1 Å². The van der Waals surface area contributed by atoms with E-state index < -0.39 is 6.09 Å². The van der Waals surface area contributed by atoms with Gasteiger partial charge in [0, 0.05) is 6.20 Å². The number of hydrogen-bond donors (Lipinski definition) is 1. The third-order valence-corrected chi connectivity index (χ3v) is 5.40. The van der Waals surface area contributed by atoms with E-state index in [-0.39, 0.29) is 36.5 Å². The van der Waals surface area contributed by atoms with Crippen LogP contribution in [0.15, 0.2) is 36.5 Å². The summed E-state index contributed by atoms with van der Waals surface area (Å²) in [5, 5.41) is 3.33. The SMILES string of the molecule is CCC[C@@H](OC(C)(C)C)[C@H]1COC(=O)N1c1ccnc(N[C@@H](C)c2ccc(OC(C)C)cc2)n1. The molecule has 2 heterocycles. The normalized spacial score (nSPS) is 18.1. The van der Waals surface area contributed by atoms with E-state index >= 15 is 0 Å². The molecule has 1 aliphatic rings. The summed E-state index contributed by atoms with van der Waals surface area (Å²) < 4.78 is 17.4. The van der Waals surface area contributed by atoms with E-state index in [0.29, 0.717) is 11.8 Å². The largest absolute Gasteiger partial charge is 0.491 e. The average Bonchev–Trinajstić information content (AvgIpc) is 3.14. The van der Waals surface area contributed by atoms with Crippen LogP contribution in [-0.2, 0) is 9.47 Å². The van der Waals surface area contributed by atoms with Crippen molar-refractivity contribution >= 4 is 17.9 Å². The van der Waals surface area contributed by atoms with E-state index in [1.807, 2.05) is 65.8 Å². The highest BCUT2D eigenvalue weighted by Gasteiger charge is 2.42. The number of carbonyl (C=O) groups is 1. The number of nitrogens with zero attached hydrogens (tertiary/aromatic N) is 3. The minimum Gasteiger partial charge on any atom is -0.491 e. The van der Waals surface area contributed by atoms with Crippen molar-refractivity contribution in [2.75, 3.05) is 16.8 Å². The monoisotopic (exact) mass is 470 g/mol. The molecule has 0 radical (unpaired) electrons. The van der Waals surface area contributed by atoms with E-state index in [2.05, 4.69) is 22.2 Å². The molecule has 34 heavy (non-hydrogen) atoms. The fourth-order valence-corrected chi connectivity index (χ4v) is 3.98. The zero-order valence-corrected chi connectivity index (χ0v) is 21.4. The number of benzene rings is 1. The smallest absolute Gasteiger partial charge is 0.416 e. The molecule has 0 bridgehead atoms. The van der Waals surface area contributed by atoms with E-state index in [0.717, 1.165) is 24.2 Å². The predicted molar refractivity (Wildman–Crippen MR) is 133 cm³/mol. The molecule has 0 aliphatic carbocycles. The second-order valence-corrected chi connectivity index (χ2v) is 9.91. The molecule has 1 aromatic carbocycles. The van der Waals surface area contributed by atoms with E-state index in [9.17, 15) is 4.79 Å². The fourth-order valence-electron chi connectivity index (χ4n) is 3.98. The van der Waals surface area contributed by atoms with Crippen molar-refractivity contribution in [2.24, 2.45) is 0 Å². The first-order valence-electron chi connectivity index (χ1n) is 12.1. The number of aromatic nitrogens is 2. The van der Waals surface area contributed by atoms with Crippen LogP contribution in [0.3, 0.4) is 0 Å². The molecule has 186 valence electrons. The van der Waals surface area contributed by atoms with Crippen molar-refractivity contribution in [1.82, 2.24) is 9.97 Å². The third kappa shape index (κ3) is 6.82. The zero-order chi connectivity index (χ0) is 24.9. The van der Waals surface area contributed by atoms with Crippen LogP contribution >= 0.6 is 0 Å². The maximum absolute atomic E-state index is 12.7. The van der Waals surface area contributed by atoms with Gasteiger partial charge in [0.25, 0.3) is 0 Å². The molecule has 2 aromatic rings. The molecule has 8 nitrogen and oxygen atoms in total. The number of ether oxygens (including phenoxy) is 3. The minimum atomic E-state index is -0.415. The Kier molecular flexibility index (Phi) is 8.36. The first-order valence-corrected chi connectivity index (χ1v) is 12.1. The molecular formula is C26H38N4O4. The van der Waals surface area contributed by atoms with Gasteiger partial charge in [0.1, 0.15) is 24.2 Å². The Labute approximate surface area is 203 Å². The number of carbonyl (C=O) groups excluding carboxylic acids is 1. The van der Waals surface area contributed by atoms with Crippen LogP contribution < -0.4 is 15.0 Å². The fraction of sp³-hybridized carbons (Fsp3) is 0.577. The lowest BCUT2D eigenvalue weighted by molar-refractivity contribution is -0.0740. The maximum Gasteiger partial charge on any atom is 0.416 e. The predicted octanol–water partition coefficient (Wildman–Crippen LogP) is 5.75. The summed E-state index contributed by atoms with van der Waals surface area (Å²) in [4.78, 5) is 23.3. The topological polar surface area (TPSA) is 85.8 Å². The molecule has 1 fully saturated rings. The molecular weight excluding hydrogens is 432 g/mol. The molecule has 8 heteroatoms. The number of hydrogen-bond acceptors (Lipinski definition) is 7. The van der Waals surface area contributed by atoms with E-state index in [1.165, 1.54) is 0 Å². The Morgan fingerprint density at radius 1 is 1.18 bits per heavy atom. The van der Waals surface area contributed by atoms with Crippen molar-refractivity contribution in [2.45, 2.75) is 91.2 Å². The summed E-state index contributed by atoms with van der Waals surface area (Å²) in [7, 11) is 0. The lowest BCUT2D eigenvalue weighted by Crippen LogP contribution is -2.46. The molecule has 1 N–H and O–H groups in total. The van der Waals surface area contributed by atoms with Crippen molar-refractivity contribution in [1.29, 1.82) is 0 Å². The summed E-state index contributed by atoms with van der Waals surface area (Å²) in [5.41, 5.74) is 0.742. The molecule has 0 unspecified atom stereocenters. The molecule has 3 rings (SSSR count). The second kappa shape index (κ2) is 11.0. The Bertz CT molecular complexity index is 943. The maximum atomic E-state index is 12.7. The molecule has 1 aromatic heterocycles. The molecule has 0 saturated carbocycles. The number of rotatable bonds is 10. The molecule has 1 amide bonds. The van der Waals surface area contributed by atoms with Crippen molar-refractivity contribution in [3.63, 3.8) is 0 Å². The first kappa shape index (κ1) is 25.7. The quantitative estimate of drug-likeness (QED) is 0.473. The van der Waals surface area contributed by atoms with Crippen LogP contribution in [0.4, 0.5) is 16.6 Å². The van der Waals surface area contributed by atoms with Gasteiger partial charge in [0.15, 0.2) is 0 Å². The lowest BCUT2D eigenvalue weighted by atomic mass is 10.0. The van der Waals surface area contributed by atoms with Gasteiger partial charge in [-0.25, -0.2) is 9.78 Å². The van der Waals surface area contributed by atoms with Gasteiger partial charge in [-0.1, -0.05) is 25.5 Å².